The highest BCUT2D eigenvalue weighted by atomic mass is 127. The lowest BCUT2D eigenvalue weighted by Crippen LogP contribution is -2.28. The number of carbonyl (C=O) groups is 2. The number of hydrogen-bond acceptors (Lipinski definition) is 4. The van der Waals surface area contributed by atoms with Crippen molar-refractivity contribution in [3.8, 4) is 0 Å². The van der Waals surface area contributed by atoms with Crippen LogP contribution in [0.4, 0.5) is 0 Å². The second-order valence-electron chi connectivity index (χ2n) is 2.85. The summed E-state index contributed by atoms with van der Waals surface area (Å²) < 4.78 is 22.5. The molecule has 0 heterocycles. The van der Waals surface area contributed by atoms with E-state index in [1.807, 2.05) is 5.32 Å². The summed E-state index contributed by atoms with van der Waals surface area (Å²) in [6, 6.07) is 4.23. The second-order valence-corrected chi connectivity index (χ2v) is 6.17. The first-order valence-electron chi connectivity index (χ1n) is 4.08. The molecule has 86 valence electrons. The summed E-state index contributed by atoms with van der Waals surface area (Å²) in [4.78, 5) is 22.2. The Morgan fingerprint density at radius 2 is 1.94 bits per heavy atom. The molecule has 0 saturated heterocycles. The molecule has 0 spiro atoms. The van der Waals surface area contributed by atoms with Crippen LogP contribution in [-0.4, -0.2) is 11.8 Å². The van der Waals surface area contributed by atoms with E-state index in [9.17, 15) is 15.7 Å². The maximum atomic E-state index is 11.5. The zero-order valence-corrected chi connectivity index (χ0v) is 11.9. The van der Waals surface area contributed by atoms with Crippen molar-refractivity contribution >= 4 is 47.5 Å². The Bertz CT molecular complexity index is 516. The Labute approximate surface area is 107 Å². The molecule has 0 atom stereocenters. The van der Waals surface area contributed by atoms with Gasteiger partial charge in [-0.3, -0.25) is 14.9 Å². The van der Waals surface area contributed by atoms with Gasteiger partial charge in [-0.2, -0.15) is 0 Å². The van der Waals surface area contributed by atoms with E-state index in [0.717, 1.165) is 0 Å². The van der Waals surface area contributed by atoms with Gasteiger partial charge in [-0.1, -0.05) is 15.9 Å². The highest BCUT2D eigenvalue weighted by Crippen LogP contribution is 2.24. The van der Waals surface area contributed by atoms with Crippen molar-refractivity contribution in [2.75, 3.05) is 0 Å². The Hall–Kier alpha value is -0.830. The standard InChI is InChI=1S/C9H7BrINO4/c1-5(13)12-9(14)7-4-6(10)2-3-8(7)11(15)16/h2-4H,1H3,(H,12,13,14). The predicted molar refractivity (Wildman–Crippen MR) is 66.4 cm³/mol. The van der Waals surface area contributed by atoms with Gasteiger partial charge in [-0.05, 0) is 18.2 Å². The van der Waals surface area contributed by atoms with Gasteiger partial charge in [-0.25, -0.2) is 6.14 Å². The fraction of sp³-hybridized carbons (Fsp3) is 0.111. The lowest BCUT2D eigenvalue weighted by molar-refractivity contribution is -0.118. The van der Waals surface area contributed by atoms with Crippen LogP contribution in [0.2, 0.25) is 0 Å². The summed E-state index contributed by atoms with van der Waals surface area (Å²) in [5.41, 5.74) is -0.0141. The summed E-state index contributed by atoms with van der Waals surface area (Å²) >= 11 is -0.624. The lowest BCUT2D eigenvalue weighted by Gasteiger charge is -2.03. The number of benzene rings is 1. The average Bonchev–Trinajstić information content (AvgIpc) is 2.15. The van der Waals surface area contributed by atoms with Gasteiger partial charge in [-0.15, -0.1) is 0 Å². The summed E-state index contributed by atoms with van der Waals surface area (Å²) in [6.45, 7) is 1.18. The molecule has 0 aliphatic heterocycles. The molecule has 1 rings (SSSR count). The summed E-state index contributed by atoms with van der Waals surface area (Å²) in [5, 5.41) is 2.03. The molecule has 1 aromatic rings. The zero-order chi connectivity index (χ0) is 12.3. The largest absolute Gasteiger partial charge is 0.341 e. The van der Waals surface area contributed by atoms with Crippen molar-refractivity contribution in [3.05, 3.63) is 31.8 Å². The topological polar surface area (TPSA) is 80.3 Å². The van der Waals surface area contributed by atoms with Crippen LogP contribution in [0, 0.1) is 3.57 Å². The normalized spacial score (nSPS) is 10.2. The molecule has 5 nitrogen and oxygen atoms in total. The molecule has 0 saturated carbocycles. The molecule has 0 fully saturated rings. The van der Waals surface area contributed by atoms with Crippen LogP contribution in [0.1, 0.15) is 17.3 Å². The number of nitrogens with one attached hydrogen (secondary N) is 1. The molecule has 0 bridgehead atoms. The molecule has 7 heteroatoms. The zero-order valence-electron chi connectivity index (χ0n) is 8.12. The molecular formula is C9H7BrINO4. The van der Waals surface area contributed by atoms with Gasteiger partial charge in [0.15, 0.2) is 0 Å². The monoisotopic (exact) mass is 399 g/mol. The first-order valence-corrected chi connectivity index (χ1v) is 7.72. The van der Waals surface area contributed by atoms with Gasteiger partial charge < -0.3 is 0 Å². The molecule has 0 unspecified atom stereocenters. The van der Waals surface area contributed by atoms with Crippen LogP contribution < -0.4 is 5.32 Å². The number of imide groups is 1. The van der Waals surface area contributed by atoms with Crippen LogP contribution in [0.15, 0.2) is 22.7 Å². The quantitative estimate of drug-likeness (QED) is 0.772. The van der Waals surface area contributed by atoms with E-state index in [2.05, 4.69) is 15.9 Å². The summed E-state index contributed by atoms with van der Waals surface area (Å²) in [5.74, 6) is -1.24. The SMILES string of the molecule is CC(=O)NC(=O)c1cc(Br)ccc1I(=O)=O. The summed E-state index contributed by atoms with van der Waals surface area (Å²) in [6.07, 6.45) is 0. The van der Waals surface area contributed by atoms with Gasteiger partial charge in [0.05, 0.1) is 9.13 Å². The molecule has 16 heavy (non-hydrogen) atoms. The molecule has 1 N–H and O–H groups in total. The Balaban J connectivity index is 3.24. The number of hydrogen-bond donors (Lipinski definition) is 1. The van der Waals surface area contributed by atoms with Gasteiger partial charge in [0, 0.05) is 11.4 Å². The highest BCUT2D eigenvalue weighted by molar-refractivity contribution is 14.2. The van der Waals surface area contributed by atoms with Crippen molar-refractivity contribution < 1.29 is 15.7 Å². The first-order chi connectivity index (χ1) is 7.41. The molecular weight excluding hydrogens is 393 g/mol. The highest BCUT2D eigenvalue weighted by Gasteiger charge is 2.16. The van der Waals surface area contributed by atoms with Crippen molar-refractivity contribution in [1.82, 2.24) is 5.32 Å². The number of carbonyl (C=O) groups excluding carboxylic acids is 2. The predicted octanol–water partition coefficient (Wildman–Crippen LogP) is 2.09. The molecule has 2 amide bonds. The van der Waals surface area contributed by atoms with Crippen LogP contribution in [0.3, 0.4) is 0 Å². The van der Waals surface area contributed by atoms with Crippen molar-refractivity contribution in [2.24, 2.45) is 0 Å². The lowest BCUT2D eigenvalue weighted by atomic mass is 10.2. The fourth-order valence-corrected chi connectivity index (χ4v) is 2.74. The molecule has 0 aromatic heterocycles. The Morgan fingerprint density at radius 1 is 1.31 bits per heavy atom. The number of amides is 2. The first kappa shape index (κ1) is 13.2. The maximum Gasteiger partial charge on any atom is 0.341 e. The van der Waals surface area contributed by atoms with Gasteiger partial charge in [0.2, 0.25) is 5.91 Å². The van der Waals surface area contributed by atoms with Crippen LogP contribution in [-0.2, 0) is 10.9 Å². The minimum atomic E-state index is -3.75. The van der Waals surface area contributed by atoms with Crippen molar-refractivity contribution in [2.45, 2.75) is 6.92 Å². The van der Waals surface area contributed by atoms with Crippen LogP contribution in [0.5, 0.6) is 0 Å². The Morgan fingerprint density at radius 3 is 2.44 bits per heavy atom. The van der Waals surface area contributed by atoms with E-state index in [4.69, 9.17) is 0 Å². The third-order valence-electron chi connectivity index (χ3n) is 1.63. The van der Waals surface area contributed by atoms with Crippen molar-refractivity contribution in [3.63, 3.8) is 0 Å². The van der Waals surface area contributed by atoms with E-state index >= 15 is 0 Å². The van der Waals surface area contributed by atoms with E-state index in [0.29, 0.717) is 4.47 Å². The summed E-state index contributed by atoms with van der Waals surface area (Å²) in [7, 11) is 0. The number of rotatable bonds is 2. The van der Waals surface area contributed by atoms with Crippen molar-refractivity contribution in [1.29, 1.82) is 0 Å². The van der Waals surface area contributed by atoms with E-state index in [1.165, 1.54) is 25.1 Å². The molecule has 0 aliphatic rings. The van der Waals surface area contributed by atoms with Crippen LogP contribution in [0.25, 0.3) is 0 Å². The smallest absolute Gasteiger partial charge is 0.293 e. The van der Waals surface area contributed by atoms with Gasteiger partial charge in [0.25, 0.3) is 5.91 Å². The molecule has 0 radical (unpaired) electrons. The maximum absolute atomic E-state index is 11.5. The van der Waals surface area contributed by atoms with E-state index in [-0.39, 0.29) is 9.13 Å². The minimum Gasteiger partial charge on any atom is -0.293 e. The Kier molecular flexibility index (Phi) is 4.54. The second kappa shape index (κ2) is 5.48. The van der Waals surface area contributed by atoms with E-state index in [1.54, 1.807) is 0 Å². The average molecular weight is 400 g/mol. The van der Waals surface area contributed by atoms with Crippen LogP contribution >= 0.6 is 35.7 Å². The third kappa shape index (κ3) is 3.34. The van der Waals surface area contributed by atoms with Gasteiger partial charge in [0.1, 0.15) is 0 Å². The molecule has 1 aromatic carbocycles. The fourth-order valence-electron chi connectivity index (χ4n) is 1.03. The number of halogens is 2. The van der Waals surface area contributed by atoms with E-state index < -0.39 is 31.6 Å². The van der Waals surface area contributed by atoms with Gasteiger partial charge >= 0.3 is 19.8 Å². The minimum absolute atomic E-state index is 0.0141. The third-order valence-corrected chi connectivity index (χ3v) is 4.01. The molecule has 0 aliphatic carbocycles.